The first kappa shape index (κ1) is 20.8. The Labute approximate surface area is 178 Å². The van der Waals surface area contributed by atoms with Gasteiger partial charge in [-0.3, -0.25) is 4.99 Å². The van der Waals surface area contributed by atoms with Gasteiger partial charge in [-0.1, -0.05) is 12.1 Å². The molecule has 0 aliphatic carbocycles. The quantitative estimate of drug-likeness (QED) is 0.628. The van der Waals surface area contributed by atoms with E-state index < -0.39 is 5.95 Å². The zero-order chi connectivity index (χ0) is 21.1. The van der Waals surface area contributed by atoms with Crippen molar-refractivity contribution in [2.75, 3.05) is 19.7 Å². The number of aliphatic imine (C=N–C) groups is 1. The second kappa shape index (κ2) is 9.12. The highest BCUT2D eigenvalue weighted by atomic mass is 32.2. The second-order valence-electron chi connectivity index (χ2n) is 7.37. The molecule has 0 N–H and O–H groups in total. The summed E-state index contributed by atoms with van der Waals surface area (Å²) < 4.78 is 32.3. The minimum absolute atomic E-state index is 0.106. The minimum Gasteiger partial charge on any atom is -0.450 e. The second-order valence-corrected chi connectivity index (χ2v) is 8.54. The average Bonchev–Trinajstić information content (AvgIpc) is 3.20. The molecule has 2 aliphatic rings. The summed E-state index contributed by atoms with van der Waals surface area (Å²) in [4.78, 5) is 22.3. The Morgan fingerprint density at radius 1 is 1.17 bits per heavy atom. The minimum atomic E-state index is -0.526. The van der Waals surface area contributed by atoms with E-state index in [0.717, 1.165) is 29.0 Å². The lowest BCUT2D eigenvalue weighted by molar-refractivity contribution is 0.0966. The summed E-state index contributed by atoms with van der Waals surface area (Å²) in [6.45, 7) is 3.41. The maximum Gasteiger partial charge on any atom is 0.409 e. The molecule has 158 valence electrons. The largest absolute Gasteiger partial charge is 0.450 e. The van der Waals surface area contributed by atoms with Crippen molar-refractivity contribution in [1.29, 1.82) is 0 Å². The van der Waals surface area contributed by atoms with Crippen molar-refractivity contribution >= 4 is 22.9 Å². The third kappa shape index (κ3) is 4.48. The van der Waals surface area contributed by atoms with Gasteiger partial charge in [0.1, 0.15) is 5.82 Å². The van der Waals surface area contributed by atoms with Crippen molar-refractivity contribution < 1.29 is 18.3 Å². The lowest BCUT2D eigenvalue weighted by atomic mass is 9.97. The van der Waals surface area contributed by atoms with Crippen LogP contribution in [0.1, 0.15) is 42.2 Å². The van der Waals surface area contributed by atoms with Gasteiger partial charge in [0, 0.05) is 25.2 Å². The number of pyridine rings is 1. The molecule has 1 saturated heterocycles. The smallest absolute Gasteiger partial charge is 0.409 e. The van der Waals surface area contributed by atoms with Crippen LogP contribution >= 0.6 is 11.8 Å². The zero-order valence-corrected chi connectivity index (χ0v) is 17.4. The van der Waals surface area contributed by atoms with Gasteiger partial charge < -0.3 is 9.64 Å². The molecule has 1 aromatic carbocycles. The van der Waals surface area contributed by atoms with E-state index in [0.29, 0.717) is 19.7 Å². The first-order valence-corrected chi connectivity index (χ1v) is 11.0. The summed E-state index contributed by atoms with van der Waals surface area (Å²) in [7, 11) is 0. The Kier molecular flexibility index (Phi) is 6.32. The van der Waals surface area contributed by atoms with Crippen molar-refractivity contribution in [2.45, 2.75) is 31.1 Å². The molecule has 3 heterocycles. The number of hydrogen-bond donors (Lipinski definition) is 0. The van der Waals surface area contributed by atoms with Gasteiger partial charge in [-0.25, -0.2) is 14.2 Å². The summed E-state index contributed by atoms with van der Waals surface area (Å²) in [5.41, 5.74) is 1.70. The Morgan fingerprint density at radius 3 is 2.57 bits per heavy atom. The number of hydrogen-bond acceptors (Lipinski definition) is 5. The Hall–Kier alpha value is -2.48. The van der Waals surface area contributed by atoms with Crippen LogP contribution in [0.2, 0.25) is 0 Å². The molecule has 2 aliphatic heterocycles. The maximum atomic E-state index is 13.8. The third-order valence-electron chi connectivity index (χ3n) is 5.46. The normalized spacial score (nSPS) is 22.1. The van der Waals surface area contributed by atoms with Gasteiger partial charge in [0.2, 0.25) is 5.95 Å². The predicted molar refractivity (Wildman–Crippen MR) is 112 cm³/mol. The first-order valence-electron chi connectivity index (χ1n) is 10.1. The number of likely N-dealkylation sites (tertiary alicyclic amines) is 1. The fraction of sp³-hybridized carbons (Fsp3) is 0.409. The number of benzene rings is 1. The highest BCUT2D eigenvalue weighted by Gasteiger charge is 2.37. The van der Waals surface area contributed by atoms with Crippen LogP contribution in [0.3, 0.4) is 0 Å². The van der Waals surface area contributed by atoms with Crippen LogP contribution < -0.4 is 0 Å². The zero-order valence-electron chi connectivity index (χ0n) is 16.6. The number of nitrogens with zero attached hydrogens (tertiary/aromatic N) is 3. The molecule has 0 spiro atoms. The van der Waals surface area contributed by atoms with E-state index in [4.69, 9.17) is 9.73 Å². The molecule has 0 radical (unpaired) electrons. The van der Waals surface area contributed by atoms with Crippen molar-refractivity contribution in [3.8, 4) is 0 Å². The number of carbonyl (C=O) groups is 1. The van der Waals surface area contributed by atoms with Gasteiger partial charge in [-0.05, 0) is 55.2 Å². The summed E-state index contributed by atoms with van der Waals surface area (Å²) in [6.07, 6.45) is 2.80. The van der Waals surface area contributed by atoms with Crippen LogP contribution in [0.4, 0.5) is 13.6 Å². The number of rotatable bonds is 4. The van der Waals surface area contributed by atoms with E-state index in [-0.39, 0.29) is 29.1 Å². The summed E-state index contributed by atoms with van der Waals surface area (Å²) in [5.74, 6) is -0.589. The van der Waals surface area contributed by atoms with E-state index in [1.54, 1.807) is 41.8 Å². The Balaban J connectivity index is 1.55. The molecule has 2 unspecified atom stereocenters. The van der Waals surface area contributed by atoms with Crippen molar-refractivity contribution in [2.24, 2.45) is 10.9 Å². The van der Waals surface area contributed by atoms with Crippen LogP contribution in [0, 0.1) is 17.7 Å². The SMILES string of the molecule is CCOC(=O)N1CCC(C2=NC(c3ccc(F)cc3)C(c3ccnc(F)c3)S2)CC1. The van der Waals surface area contributed by atoms with Crippen LogP contribution in [0.5, 0.6) is 0 Å². The summed E-state index contributed by atoms with van der Waals surface area (Å²) in [6, 6.07) is 9.35. The molecule has 5 nitrogen and oxygen atoms in total. The molecule has 8 heteroatoms. The summed E-state index contributed by atoms with van der Waals surface area (Å²) in [5, 5.41) is 0.904. The highest BCUT2D eigenvalue weighted by molar-refractivity contribution is 8.14. The van der Waals surface area contributed by atoms with Crippen LogP contribution in [-0.4, -0.2) is 40.7 Å². The van der Waals surface area contributed by atoms with Gasteiger partial charge in [0.25, 0.3) is 0 Å². The van der Waals surface area contributed by atoms with E-state index in [2.05, 4.69) is 4.98 Å². The monoisotopic (exact) mass is 431 g/mol. The Bertz CT molecular complexity index is 930. The van der Waals surface area contributed by atoms with Gasteiger partial charge in [-0.15, -0.1) is 11.8 Å². The highest BCUT2D eigenvalue weighted by Crippen LogP contribution is 2.50. The van der Waals surface area contributed by atoms with Crippen molar-refractivity contribution in [3.63, 3.8) is 0 Å². The lowest BCUT2D eigenvalue weighted by Crippen LogP contribution is -2.40. The molecule has 0 bridgehead atoms. The van der Waals surface area contributed by atoms with E-state index >= 15 is 0 Å². The Morgan fingerprint density at radius 2 is 1.90 bits per heavy atom. The molecule has 1 amide bonds. The number of halogens is 2. The molecular weight excluding hydrogens is 408 g/mol. The van der Waals surface area contributed by atoms with Gasteiger partial charge in [0.05, 0.1) is 22.9 Å². The van der Waals surface area contributed by atoms with Crippen LogP contribution in [-0.2, 0) is 4.74 Å². The third-order valence-corrected chi connectivity index (χ3v) is 6.93. The first-order chi connectivity index (χ1) is 14.5. The van der Waals surface area contributed by atoms with E-state index in [1.807, 2.05) is 0 Å². The molecule has 4 rings (SSSR count). The molecule has 1 aromatic heterocycles. The van der Waals surface area contributed by atoms with Gasteiger partial charge in [0.15, 0.2) is 0 Å². The molecule has 30 heavy (non-hydrogen) atoms. The number of ether oxygens (including phenoxy) is 1. The standard InChI is InChI=1S/C22H23F2N3O2S/c1-2-29-22(28)27-11-8-15(9-12-27)21-26-19(14-3-5-17(23)6-4-14)20(30-21)16-7-10-25-18(24)13-16/h3-7,10,13,15,19-20H,2,8-9,11-12H2,1H3. The topological polar surface area (TPSA) is 54.8 Å². The summed E-state index contributed by atoms with van der Waals surface area (Å²) >= 11 is 1.63. The lowest BCUT2D eigenvalue weighted by Gasteiger charge is -2.31. The van der Waals surface area contributed by atoms with Gasteiger partial charge in [-0.2, -0.15) is 4.39 Å². The molecule has 2 atom stereocenters. The predicted octanol–water partition coefficient (Wildman–Crippen LogP) is 5.16. The molecule has 1 fully saturated rings. The maximum absolute atomic E-state index is 13.8. The fourth-order valence-electron chi connectivity index (χ4n) is 3.91. The van der Waals surface area contributed by atoms with Crippen LogP contribution in [0.25, 0.3) is 0 Å². The van der Waals surface area contributed by atoms with Gasteiger partial charge >= 0.3 is 6.09 Å². The number of carbonyl (C=O) groups excluding carboxylic acids is 1. The fourth-order valence-corrected chi connectivity index (χ4v) is 5.40. The molecular formula is C22H23F2N3O2S. The number of piperidine rings is 1. The van der Waals surface area contributed by atoms with Crippen molar-refractivity contribution in [3.05, 3.63) is 65.5 Å². The number of amides is 1. The van der Waals surface area contributed by atoms with E-state index in [9.17, 15) is 13.6 Å². The van der Waals surface area contributed by atoms with Crippen LogP contribution in [0.15, 0.2) is 47.6 Å². The average molecular weight is 432 g/mol. The molecule has 0 saturated carbocycles. The number of aromatic nitrogens is 1. The number of thioether (sulfide) groups is 1. The molecule has 2 aromatic rings. The van der Waals surface area contributed by atoms with E-state index in [1.165, 1.54) is 24.4 Å². The van der Waals surface area contributed by atoms with Crippen molar-refractivity contribution in [1.82, 2.24) is 9.88 Å².